The molecule has 2 aromatic heterocycles. The molecule has 0 aromatic carbocycles. The molecule has 0 aliphatic carbocycles. The third-order valence-corrected chi connectivity index (χ3v) is 7.32. The van der Waals surface area contributed by atoms with Gasteiger partial charge in [-0.1, -0.05) is 0 Å². The quantitative estimate of drug-likeness (QED) is 0.721. The molecule has 5 heterocycles. The second-order valence-corrected chi connectivity index (χ2v) is 9.21. The smallest absolute Gasteiger partial charge is 0.255 e. The van der Waals surface area contributed by atoms with E-state index in [4.69, 9.17) is 9.15 Å². The molecular weight excluding hydrogens is 410 g/mol. The largest absolute Gasteiger partial charge is 0.425 e. The van der Waals surface area contributed by atoms with Gasteiger partial charge in [0.1, 0.15) is 0 Å². The number of piperidine rings is 1. The Morgan fingerprint density at radius 1 is 1.12 bits per heavy atom. The van der Waals surface area contributed by atoms with E-state index < -0.39 is 0 Å². The van der Waals surface area contributed by atoms with E-state index in [9.17, 15) is 9.59 Å². The topological polar surface area (TPSA) is 102 Å². The average Bonchev–Trinajstić information content (AvgIpc) is 3.43. The van der Waals surface area contributed by atoms with Crippen molar-refractivity contribution in [2.45, 2.75) is 38.5 Å². The van der Waals surface area contributed by atoms with E-state index in [1.807, 2.05) is 9.80 Å². The minimum absolute atomic E-state index is 0.0306. The molecule has 2 aromatic rings. The fourth-order valence-corrected chi connectivity index (χ4v) is 5.47. The molecule has 3 aliphatic rings. The number of hydrogen-bond donors (Lipinski definition) is 0. The number of likely N-dealkylation sites (tertiary alicyclic amines) is 2. The number of carbonyl (C=O) groups is 2. The Labute approximate surface area is 187 Å². The van der Waals surface area contributed by atoms with Crippen molar-refractivity contribution in [2.75, 3.05) is 39.4 Å². The molecule has 170 valence electrons. The number of aryl methyl sites for hydroxylation is 1. The third kappa shape index (κ3) is 3.90. The number of ether oxygens (including phenoxy) is 1. The van der Waals surface area contributed by atoms with Gasteiger partial charge in [-0.15, -0.1) is 10.2 Å². The number of carbonyl (C=O) groups excluding carboxylic acids is 2. The molecule has 1 atom stereocenters. The number of pyridine rings is 1. The average molecular weight is 440 g/mol. The Morgan fingerprint density at radius 3 is 2.56 bits per heavy atom. The molecule has 0 N–H and O–H groups in total. The molecule has 9 nitrogen and oxygen atoms in total. The first kappa shape index (κ1) is 21.1. The van der Waals surface area contributed by atoms with Crippen molar-refractivity contribution < 1.29 is 18.7 Å². The Bertz CT molecular complexity index is 964. The molecular formula is C23H29N5O4. The van der Waals surface area contributed by atoms with Gasteiger partial charge in [-0.2, -0.15) is 0 Å². The van der Waals surface area contributed by atoms with Gasteiger partial charge in [0.15, 0.2) is 0 Å². The molecule has 9 heteroatoms. The molecule has 3 fully saturated rings. The van der Waals surface area contributed by atoms with Crippen LogP contribution in [0.25, 0.3) is 0 Å². The van der Waals surface area contributed by atoms with E-state index in [-0.39, 0.29) is 29.1 Å². The minimum atomic E-state index is -0.177. The minimum Gasteiger partial charge on any atom is -0.425 e. The summed E-state index contributed by atoms with van der Waals surface area (Å²) < 4.78 is 11.2. The van der Waals surface area contributed by atoms with Gasteiger partial charge in [0, 0.05) is 70.0 Å². The number of nitrogens with zero attached hydrogens (tertiary/aromatic N) is 5. The first-order chi connectivity index (χ1) is 15.6. The van der Waals surface area contributed by atoms with Crippen LogP contribution in [0.15, 0.2) is 28.9 Å². The van der Waals surface area contributed by atoms with Crippen LogP contribution in [-0.4, -0.2) is 76.2 Å². The van der Waals surface area contributed by atoms with E-state index >= 15 is 0 Å². The van der Waals surface area contributed by atoms with Crippen LogP contribution >= 0.6 is 0 Å². The zero-order chi connectivity index (χ0) is 22.1. The van der Waals surface area contributed by atoms with Crippen molar-refractivity contribution in [3.05, 3.63) is 41.9 Å². The fraction of sp³-hybridized carbons (Fsp3) is 0.609. The Kier molecular flexibility index (Phi) is 5.67. The highest BCUT2D eigenvalue weighted by Crippen LogP contribution is 2.50. The normalized spacial score (nSPS) is 23.6. The highest BCUT2D eigenvalue weighted by molar-refractivity contribution is 5.94. The van der Waals surface area contributed by atoms with Gasteiger partial charge in [-0.25, -0.2) is 0 Å². The molecule has 32 heavy (non-hydrogen) atoms. The molecule has 3 saturated heterocycles. The van der Waals surface area contributed by atoms with Crippen molar-refractivity contribution in [3.8, 4) is 0 Å². The number of amides is 2. The Morgan fingerprint density at radius 2 is 1.91 bits per heavy atom. The summed E-state index contributed by atoms with van der Waals surface area (Å²) in [6.07, 6.45) is 6.50. The van der Waals surface area contributed by atoms with Gasteiger partial charge < -0.3 is 19.0 Å². The summed E-state index contributed by atoms with van der Waals surface area (Å²) in [5.74, 6) is 1.36. The zero-order valence-corrected chi connectivity index (χ0v) is 18.4. The number of rotatable bonds is 3. The highest BCUT2D eigenvalue weighted by Gasteiger charge is 2.52. The summed E-state index contributed by atoms with van der Waals surface area (Å²) in [5, 5.41) is 8.35. The molecule has 0 saturated carbocycles. The van der Waals surface area contributed by atoms with E-state index in [0.29, 0.717) is 56.7 Å². The van der Waals surface area contributed by atoms with Gasteiger partial charge in [0.2, 0.25) is 17.7 Å². The lowest BCUT2D eigenvalue weighted by molar-refractivity contribution is -0.141. The summed E-state index contributed by atoms with van der Waals surface area (Å²) in [6, 6.07) is 3.57. The van der Waals surface area contributed by atoms with Crippen LogP contribution in [0.3, 0.4) is 0 Å². The van der Waals surface area contributed by atoms with Crippen LogP contribution in [0.5, 0.6) is 0 Å². The number of aromatic nitrogens is 3. The standard InChI is InChI=1S/C23H29N5O4/c1-16-25-26-20(32-16)19-14-28(22(30)18-3-2-8-24-13-18)15-23(19)6-9-27(10-7-23)21(29)17-4-11-31-12-5-17/h2-3,8,13,17,19H,4-7,9-12,14-15H2,1H3. The summed E-state index contributed by atoms with van der Waals surface area (Å²) in [5.41, 5.74) is 0.403. The molecule has 0 bridgehead atoms. The lowest BCUT2D eigenvalue weighted by atomic mass is 9.70. The molecule has 0 radical (unpaired) electrons. The van der Waals surface area contributed by atoms with E-state index in [2.05, 4.69) is 15.2 Å². The Balaban J connectivity index is 1.34. The predicted molar refractivity (Wildman–Crippen MR) is 114 cm³/mol. The van der Waals surface area contributed by atoms with Crippen molar-refractivity contribution in [1.29, 1.82) is 0 Å². The van der Waals surface area contributed by atoms with Gasteiger partial charge in [-0.3, -0.25) is 14.6 Å². The van der Waals surface area contributed by atoms with Crippen LogP contribution in [0.1, 0.15) is 53.7 Å². The Hall–Kier alpha value is -2.81. The van der Waals surface area contributed by atoms with E-state index in [1.54, 1.807) is 31.5 Å². The van der Waals surface area contributed by atoms with Gasteiger partial charge >= 0.3 is 0 Å². The van der Waals surface area contributed by atoms with Crippen molar-refractivity contribution in [2.24, 2.45) is 11.3 Å². The predicted octanol–water partition coefficient (Wildman–Crippen LogP) is 2.05. The highest BCUT2D eigenvalue weighted by atomic mass is 16.5. The maximum atomic E-state index is 13.2. The second kappa shape index (κ2) is 8.61. The summed E-state index contributed by atoms with van der Waals surface area (Å²) in [6.45, 7) is 5.64. The summed E-state index contributed by atoms with van der Waals surface area (Å²) in [7, 11) is 0. The van der Waals surface area contributed by atoms with Crippen LogP contribution in [0.4, 0.5) is 0 Å². The van der Waals surface area contributed by atoms with Crippen LogP contribution in [-0.2, 0) is 9.53 Å². The maximum absolute atomic E-state index is 13.2. The summed E-state index contributed by atoms with van der Waals surface area (Å²) in [4.78, 5) is 34.2. The van der Waals surface area contributed by atoms with Crippen molar-refractivity contribution in [1.82, 2.24) is 25.0 Å². The van der Waals surface area contributed by atoms with Gasteiger partial charge in [0.25, 0.3) is 5.91 Å². The summed E-state index contributed by atoms with van der Waals surface area (Å²) >= 11 is 0. The van der Waals surface area contributed by atoms with E-state index in [1.165, 1.54) is 0 Å². The van der Waals surface area contributed by atoms with Crippen LogP contribution in [0, 0.1) is 18.3 Å². The first-order valence-electron chi connectivity index (χ1n) is 11.4. The molecule has 1 unspecified atom stereocenters. The molecule has 1 spiro atoms. The second-order valence-electron chi connectivity index (χ2n) is 9.21. The van der Waals surface area contributed by atoms with Crippen LogP contribution < -0.4 is 0 Å². The van der Waals surface area contributed by atoms with Gasteiger partial charge in [0.05, 0.1) is 11.5 Å². The molecule has 2 amide bonds. The van der Waals surface area contributed by atoms with Crippen LogP contribution in [0.2, 0.25) is 0 Å². The van der Waals surface area contributed by atoms with E-state index in [0.717, 1.165) is 25.7 Å². The molecule has 3 aliphatic heterocycles. The van der Waals surface area contributed by atoms with Crippen molar-refractivity contribution in [3.63, 3.8) is 0 Å². The monoisotopic (exact) mass is 439 g/mol. The van der Waals surface area contributed by atoms with Crippen molar-refractivity contribution >= 4 is 11.8 Å². The maximum Gasteiger partial charge on any atom is 0.255 e. The lowest BCUT2D eigenvalue weighted by Gasteiger charge is -2.42. The number of hydrogen-bond acceptors (Lipinski definition) is 7. The SMILES string of the molecule is Cc1nnc(C2CN(C(=O)c3cccnc3)CC23CCN(C(=O)C2CCOCC2)CC3)o1. The lowest BCUT2D eigenvalue weighted by Crippen LogP contribution is -2.48. The fourth-order valence-electron chi connectivity index (χ4n) is 5.47. The zero-order valence-electron chi connectivity index (χ0n) is 18.4. The third-order valence-electron chi connectivity index (χ3n) is 7.32. The van der Waals surface area contributed by atoms with Gasteiger partial charge in [-0.05, 0) is 37.8 Å². The molecule has 5 rings (SSSR count). The first-order valence-corrected chi connectivity index (χ1v) is 11.4.